The fourth-order valence-electron chi connectivity index (χ4n) is 2.57. The predicted octanol–water partition coefficient (Wildman–Crippen LogP) is 5.27. The minimum atomic E-state index is -2.09. The second kappa shape index (κ2) is 6.13. The van der Waals surface area contributed by atoms with Crippen LogP contribution in [0.1, 0.15) is 9.68 Å². The highest BCUT2D eigenvalue weighted by atomic mass is 28.3. The molecule has 0 radical (unpaired) electrons. The van der Waals surface area contributed by atoms with Crippen LogP contribution in [0.5, 0.6) is 0 Å². The van der Waals surface area contributed by atoms with Gasteiger partial charge in [-0.25, -0.2) is 0 Å². The van der Waals surface area contributed by atoms with Gasteiger partial charge in [0.2, 0.25) is 0 Å². The summed E-state index contributed by atoms with van der Waals surface area (Å²) >= 11 is 0. The number of rotatable bonds is 3. The van der Waals surface area contributed by atoms with Gasteiger partial charge in [0.1, 0.15) is 0 Å². The van der Waals surface area contributed by atoms with Crippen LogP contribution in [-0.2, 0) is 0 Å². The molecule has 1 nitrogen and oxygen atoms in total. The van der Waals surface area contributed by atoms with Crippen molar-refractivity contribution in [2.45, 2.75) is 26.5 Å². The zero-order valence-corrected chi connectivity index (χ0v) is 14.8. The van der Waals surface area contributed by atoms with E-state index in [4.69, 9.17) is 9.10 Å². The Hall–Kier alpha value is -2.19. The highest BCUT2D eigenvalue weighted by Crippen LogP contribution is 2.30. The van der Waals surface area contributed by atoms with Gasteiger partial charge in [0.15, 0.2) is 0 Å². The molecule has 0 N–H and O–H groups in total. The molecule has 0 bridgehead atoms. The molecule has 0 aliphatic carbocycles. The molecule has 1 aromatic heterocycles. The van der Waals surface area contributed by atoms with Gasteiger partial charge in [-0.15, -0.1) is 0 Å². The standard InChI is InChI=1S/C21H23NSi/c1-16-10-12-18(13-11-16)21-20(17-8-6-5-7-9-17)14-19(15-22-21)23(2,3)4/h5-15H,1-4H3/i1D3. The Balaban J connectivity index is 2.15. The Morgan fingerprint density at radius 1 is 0.870 bits per heavy atom. The molecule has 23 heavy (non-hydrogen) atoms. The maximum atomic E-state index is 7.54. The lowest BCUT2D eigenvalue weighted by molar-refractivity contribution is 1.33. The summed E-state index contributed by atoms with van der Waals surface area (Å²) in [6.45, 7) is 4.84. The Morgan fingerprint density at radius 3 is 2.17 bits per heavy atom. The molecular formula is C21H23NSi. The topological polar surface area (TPSA) is 12.9 Å². The average molecular weight is 321 g/mol. The summed E-state index contributed by atoms with van der Waals surface area (Å²) in [4.78, 5) is 4.78. The minimum absolute atomic E-state index is 0.348. The molecule has 3 aromatic rings. The van der Waals surface area contributed by atoms with Crippen LogP contribution in [0.4, 0.5) is 0 Å². The summed E-state index contributed by atoms with van der Waals surface area (Å²) in [7, 11) is -1.49. The Labute approximate surface area is 144 Å². The second-order valence-corrected chi connectivity index (χ2v) is 11.9. The third kappa shape index (κ3) is 3.43. The lowest BCUT2D eigenvalue weighted by atomic mass is 9.99. The van der Waals surface area contributed by atoms with E-state index in [2.05, 4.69) is 37.8 Å². The first-order valence-electron chi connectivity index (χ1n) is 9.33. The van der Waals surface area contributed by atoms with E-state index in [9.17, 15) is 0 Å². The van der Waals surface area contributed by atoms with Gasteiger partial charge in [-0.2, -0.15) is 0 Å². The van der Waals surface area contributed by atoms with Crippen LogP contribution in [0.15, 0.2) is 66.9 Å². The van der Waals surface area contributed by atoms with Crippen LogP contribution in [0.25, 0.3) is 22.4 Å². The van der Waals surface area contributed by atoms with Crippen molar-refractivity contribution in [2.75, 3.05) is 0 Å². The van der Waals surface area contributed by atoms with E-state index in [1.54, 1.807) is 12.1 Å². The SMILES string of the molecule is [2H]C([2H])([2H])c1ccc(-c2ncc([Si](C)(C)C)cc2-c2ccccc2)cc1. The molecule has 2 aromatic carbocycles. The average Bonchev–Trinajstić information content (AvgIpc) is 2.60. The Bertz CT molecular complexity index is 895. The van der Waals surface area contributed by atoms with Gasteiger partial charge < -0.3 is 0 Å². The quantitative estimate of drug-likeness (QED) is 0.599. The van der Waals surface area contributed by atoms with Gasteiger partial charge in [-0.1, -0.05) is 85.9 Å². The van der Waals surface area contributed by atoms with Crippen molar-refractivity contribution in [3.63, 3.8) is 0 Å². The van der Waals surface area contributed by atoms with Crippen molar-refractivity contribution in [1.29, 1.82) is 0 Å². The summed E-state index contributed by atoms with van der Waals surface area (Å²) in [5, 5.41) is 1.30. The molecule has 0 aliphatic rings. The predicted molar refractivity (Wildman–Crippen MR) is 103 cm³/mol. The third-order valence-electron chi connectivity index (χ3n) is 4.00. The van der Waals surface area contributed by atoms with Crippen LogP contribution in [0.2, 0.25) is 19.6 Å². The molecule has 2 heteroatoms. The lowest BCUT2D eigenvalue weighted by Gasteiger charge is -2.19. The van der Waals surface area contributed by atoms with E-state index in [0.29, 0.717) is 5.56 Å². The molecule has 0 amide bonds. The van der Waals surface area contributed by atoms with Crippen molar-refractivity contribution in [1.82, 2.24) is 4.98 Å². The molecule has 0 spiro atoms. The highest BCUT2D eigenvalue weighted by Gasteiger charge is 2.19. The molecule has 0 unspecified atom stereocenters. The molecule has 116 valence electrons. The first-order valence-corrected chi connectivity index (χ1v) is 11.3. The summed E-state index contributed by atoms with van der Waals surface area (Å²) in [5.41, 5.74) is 4.37. The smallest absolute Gasteiger partial charge is 0.0796 e. The number of aromatic nitrogens is 1. The minimum Gasteiger partial charge on any atom is -0.256 e. The first kappa shape index (κ1) is 12.3. The number of hydrogen-bond acceptors (Lipinski definition) is 1. The number of aryl methyl sites for hydroxylation is 1. The maximum Gasteiger partial charge on any atom is 0.0796 e. The van der Waals surface area contributed by atoms with Crippen molar-refractivity contribution in [2.24, 2.45) is 0 Å². The van der Waals surface area contributed by atoms with E-state index in [1.807, 2.05) is 36.5 Å². The number of benzene rings is 2. The van der Waals surface area contributed by atoms with Crippen LogP contribution < -0.4 is 5.19 Å². The van der Waals surface area contributed by atoms with Crippen molar-refractivity contribution < 1.29 is 4.11 Å². The van der Waals surface area contributed by atoms with E-state index in [1.165, 1.54) is 5.19 Å². The molecule has 0 atom stereocenters. The monoisotopic (exact) mass is 320 g/mol. The first-order chi connectivity index (χ1) is 12.2. The molecule has 0 saturated carbocycles. The van der Waals surface area contributed by atoms with E-state index in [0.717, 1.165) is 22.4 Å². The van der Waals surface area contributed by atoms with Crippen LogP contribution in [0, 0.1) is 6.85 Å². The molecule has 0 fully saturated rings. The van der Waals surface area contributed by atoms with Crippen molar-refractivity contribution in [3.05, 3.63) is 72.4 Å². The van der Waals surface area contributed by atoms with Crippen LogP contribution >= 0.6 is 0 Å². The second-order valence-electron chi connectivity index (χ2n) is 6.81. The Kier molecular flexibility index (Phi) is 3.27. The lowest BCUT2D eigenvalue weighted by Crippen LogP contribution is -2.38. The van der Waals surface area contributed by atoms with Gasteiger partial charge in [0, 0.05) is 21.4 Å². The van der Waals surface area contributed by atoms with Gasteiger partial charge in [0.25, 0.3) is 0 Å². The summed E-state index contributed by atoms with van der Waals surface area (Å²) in [6, 6.07) is 19.5. The van der Waals surface area contributed by atoms with Crippen LogP contribution in [-0.4, -0.2) is 13.1 Å². The molecule has 0 aliphatic heterocycles. The highest BCUT2D eigenvalue weighted by molar-refractivity contribution is 6.88. The van der Waals surface area contributed by atoms with Gasteiger partial charge in [-0.05, 0) is 17.6 Å². The van der Waals surface area contributed by atoms with Gasteiger partial charge in [-0.3, -0.25) is 4.98 Å². The largest absolute Gasteiger partial charge is 0.256 e. The summed E-state index contributed by atoms with van der Waals surface area (Å²) in [5.74, 6) is 0. The van der Waals surface area contributed by atoms with Crippen molar-refractivity contribution >= 4 is 13.3 Å². The van der Waals surface area contributed by atoms with Crippen LogP contribution in [0.3, 0.4) is 0 Å². The summed E-state index contributed by atoms with van der Waals surface area (Å²) in [6.07, 6.45) is 1.98. The molecular weight excluding hydrogens is 294 g/mol. The van der Waals surface area contributed by atoms with E-state index >= 15 is 0 Å². The third-order valence-corrected chi connectivity index (χ3v) is 6.00. The fraction of sp³-hybridized carbons (Fsp3) is 0.190. The van der Waals surface area contributed by atoms with Crippen molar-refractivity contribution in [3.8, 4) is 22.4 Å². The van der Waals surface area contributed by atoms with Gasteiger partial charge in [0.05, 0.1) is 13.8 Å². The number of nitrogens with zero attached hydrogens (tertiary/aromatic N) is 1. The molecule has 0 saturated heterocycles. The number of pyridine rings is 1. The Morgan fingerprint density at radius 2 is 1.57 bits per heavy atom. The van der Waals surface area contributed by atoms with Gasteiger partial charge >= 0.3 is 0 Å². The van der Waals surface area contributed by atoms with E-state index < -0.39 is 14.9 Å². The summed E-state index contributed by atoms with van der Waals surface area (Å²) < 4.78 is 22.6. The van der Waals surface area contributed by atoms with E-state index in [-0.39, 0.29) is 0 Å². The number of hydrogen-bond donors (Lipinski definition) is 0. The normalized spacial score (nSPS) is 14.0. The zero-order valence-electron chi connectivity index (χ0n) is 16.8. The molecule has 3 rings (SSSR count). The molecule has 1 heterocycles. The maximum absolute atomic E-state index is 7.54. The zero-order chi connectivity index (χ0) is 18.9. The fourth-order valence-corrected chi connectivity index (χ4v) is 3.60.